The minimum absolute atomic E-state index is 0.000830. The molecule has 1 fully saturated rings. The lowest BCUT2D eigenvalue weighted by Gasteiger charge is -2.25. The fourth-order valence-electron chi connectivity index (χ4n) is 3.37. The molecule has 1 unspecified atom stereocenters. The van der Waals surface area contributed by atoms with Gasteiger partial charge in [-0.2, -0.15) is 0 Å². The van der Waals surface area contributed by atoms with E-state index < -0.39 is 17.7 Å². The van der Waals surface area contributed by atoms with Crippen LogP contribution >= 0.6 is 0 Å². The van der Waals surface area contributed by atoms with E-state index in [-0.39, 0.29) is 30.2 Å². The number of methoxy groups -OCH3 is 1. The number of carbonyl (C=O) groups is 2. The van der Waals surface area contributed by atoms with Gasteiger partial charge >= 0.3 is 0 Å². The van der Waals surface area contributed by atoms with E-state index in [1.54, 1.807) is 36.4 Å². The fraction of sp³-hybridized carbons (Fsp3) is 0.273. The van der Waals surface area contributed by atoms with Gasteiger partial charge in [-0.25, -0.2) is 0 Å². The fourth-order valence-corrected chi connectivity index (χ4v) is 3.37. The summed E-state index contributed by atoms with van der Waals surface area (Å²) in [6.45, 7) is 2.77. The number of ether oxygens (including phenoxy) is 2. The van der Waals surface area contributed by atoms with Gasteiger partial charge in [-0.1, -0.05) is 12.1 Å². The lowest BCUT2D eigenvalue weighted by molar-refractivity contribution is -0.140. The molecule has 0 bridgehead atoms. The number of aliphatic hydroxyl groups is 1. The van der Waals surface area contributed by atoms with Crippen molar-refractivity contribution < 1.29 is 29.3 Å². The molecule has 1 aliphatic rings. The SMILES string of the molecule is CCOc1ccc(/C(O)=C2/C(=O)C(=O)N(CCOC)C2c2cccc(O)c2)cc1. The molecule has 0 radical (unpaired) electrons. The van der Waals surface area contributed by atoms with Crippen LogP contribution in [-0.4, -0.2) is 53.7 Å². The van der Waals surface area contributed by atoms with Crippen molar-refractivity contribution in [2.45, 2.75) is 13.0 Å². The highest BCUT2D eigenvalue weighted by molar-refractivity contribution is 6.46. The van der Waals surface area contributed by atoms with Crippen LogP contribution in [0.15, 0.2) is 54.1 Å². The normalized spacial score (nSPS) is 18.3. The maximum Gasteiger partial charge on any atom is 0.295 e. The predicted octanol–water partition coefficient (Wildman–Crippen LogP) is 2.86. The van der Waals surface area contributed by atoms with Crippen molar-refractivity contribution in [2.75, 3.05) is 26.9 Å². The smallest absolute Gasteiger partial charge is 0.295 e. The van der Waals surface area contributed by atoms with Gasteiger partial charge in [0.2, 0.25) is 0 Å². The van der Waals surface area contributed by atoms with Gasteiger partial charge in [0.05, 0.1) is 24.8 Å². The number of hydrogen-bond acceptors (Lipinski definition) is 6. The number of benzene rings is 2. The van der Waals surface area contributed by atoms with Gasteiger partial charge < -0.3 is 24.6 Å². The number of Topliss-reactive ketones (excluding diaryl/α,β-unsaturated/α-hetero) is 1. The summed E-state index contributed by atoms with van der Waals surface area (Å²) in [5.74, 6) is -1.14. The van der Waals surface area contributed by atoms with Crippen LogP contribution in [0.4, 0.5) is 0 Å². The summed E-state index contributed by atoms with van der Waals surface area (Å²) in [5, 5.41) is 20.8. The standard InChI is InChI=1S/C22H23NO6/c1-3-29-17-9-7-14(8-10-17)20(25)18-19(15-5-4-6-16(24)13-15)23(11-12-28-2)22(27)21(18)26/h4-10,13,19,24-25H,3,11-12H2,1-2H3/b20-18-. The van der Waals surface area contributed by atoms with Crippen molar-refractivity contribution in [2.24, 2.45) is 0 Å². The number of aliphatic hydroxyl groups excluding tert-OH is 1. The molecule has 0 spiro atoms. The first-order chi connectivity index (χ1) is 14.0. The molecule has 1 amide bonds. The number of nitrogens with zero attached hydrogens (tertiary/aromatic N) is 1. The molecule has 0 aromatic heterocycles. The van der Waals surface area contributed by atoms with E-state index in [1.807, 2.05) is 6.92 Å². The maximum atomic E-state index is 12.8. The number of phenols is 1. The third-order valence-electron chi connectivity index (χ3n) is 4.70. The topological polar surface area (TPSA) is 96.3 Å². The molecule has 2 N–H and O–H groups in total. The minimum atomic E-state index is -0.830. The second-order valence-electron chi connectivity index (χ2n) is 6.54. The first kappa shape index (κ1) is 20.4. The number of hydrogen-bond donors (Lipinski definition) is 2. The molecule has 1 saturated heterocycles. The van der Waals surface area contributed by atoms with Gasteiger partial charge in [0.15, 0.2) is 0 Å². The van der Waals surface area contributed by atoms with Crippen LogP contribution in [0.5, 0.6) is 11.5 Å². The Kier molecular flexibility index (Phi) is 6.19. The van der Waals surface area contributed by atoms with Gasteiger partial charge in [-0.3, -0.25) is 9.59 Å². The Labute approximate surface area is 168 Å². The second kappa shape index (κ2) is 8.79. The Morgan fingerprint density at radius 1 is 1.14 bits per heavy atom. The third-order valence-corrected chi connectivity index (χ3v) is 4.70. The number of amides is 1. The van der Waals surface area contributed by atoms with Crippen molar-refractivity contribution in [3.63, 3.8) is 0 Å². The first-order valence-corrected chi connectivity index (χ1v) is 9.27. The van der Waals surface area contributed by atoms with Crippen LogP contribution in [0, 0.1) is 0 Å². The molecule has 7 nitrogen and oxygen atoms in total. The van der Waals surface area contributed by atoms with E-state index in [2.05, 4.69) is 0 Å². The van der Waals surface area contributed by atoms with Crippen LogP contribution in [0.1, 0.15) is 24.1 Å². The zero-order chi connectivity index (χ0) is 21.0. The van der Waals surface area contributed by atoms with Gasteiger partial charge in [0.25, 0.3) is 11.7 Å². The summed E-state index contributed by atoms with van der Waals surface area (Å²) in [5.41, 5.74) is 0.886. The van der Waals surface area contributed by atoms with E-state index >= 15 is 0 Å². The number of likely N-dealkylation sites (tertiary alicyclic amines) is 1. The van der Waals surface area contributed by atoms with Crippen molar-refractivity contribution >= 4 is 17.4 Å². The van der Waals surface area contributed by atoms with Gasteiger partial charge in [0.1, 0.15) is 17.3 Å². The van der Waals surface area contributed by atoms with Crippen molar-refractivity contribution in [3.8, 4) is 11.5 Å². The quantitative estimate of drug-likeness (QED) is 0.424. The van der Waals surface area contributed by atoms with Crippen LogP contribution in [0.25, 0.3) is 5.76 Å². The Morgan fingerprint density at radius 3 is 2.48 bits per heavy atom. The highest BCUT2D eigenvalue weighted by atomic mass is 16.5. The molecular formula is C22H23NO6. The second-order valence-corrected chi connectivity index (χ2v) is 6.54. The lowest BCUT2D eigenvalue weighted by Crippen LogP contribution is -2.32. The number of carbonyl (C=O) groups excluding carboxylic acids is 2. The summed E-state index contributed by atoms with van der Waals surface area (Å²) in [6.07, 6.45) is 0. The average molecular weight is 397 g/mol. The Bertz CT molecular complexity index is 935. The molecule has 0 aliphatic carbocycles. The summed E-state index contributed by atoms with van der Waals surface area (Å²) < 4.78 is 10.5. The van der Waals surface area contributed by atoms with E-state index in [0.29, 0.717) is 23.5 Å². The molecule has 1 heterocycles. The van der Waals surface area contributed by atoms with Crippen LogP contribution in [-0.2, 0) is 14.3 Å². The number of phenolic OH excluding ortho intramolecular Hbond substituents is 1. The molecule has 2 aromatic carbocycles. The number of aromatic hydroxyl groups is 1. The molecule has 0 saturated carbocycles. The highest BCUT2D eigenvalue weighted by Crippen LogP contribution is 2.40. The Hall–Kier alpha value is -3.32. The average Bonchev–Trinajstić information content (AvgIpc) is 2.97. The monoisotopic (exact) mass is 397 g/mol. The van der Waals surface area contributed by atoms with Gasteiger partial charge in [-0.05, 0) is 48.9 Å². The predicted molar refractivity (Wildman–Crippen MR) is 107 cm³/mol. The van der Waals surface area contributed by atoms with Crippen molar-refractivity contribution in [1.82, 2.24) is 4.90 Å². The van der Waals surface area contributed by atoms with E-state index in [0.717, 1.165) is 0 Å². The van der Waals surface area contributed by atoms with Crippen LogP contribution < -0.4 is 4.74 Å². The molecule has 29 heavy (non-hydrogen) atoms. The summed E-state index contributed by atoms with van der Waals surface area (Å²) in [4.78, 5) is 26.8. The number of ketones is 1. The third kappa shape index (κ3) is 4.09. The van der Waals surface area contributed by atoms with Crippen molar-refractivity contribution in [3.05, 3.63) is 65.2 Å². The summed E-state index contributed by atoms with van der Waals surface area (Å²) in [6, 6.07) is 12.1. The highest BCUT2D eigenvalue weighted by Gasteiger charge is 2.45. The molecule has 1 atom stereocenters. The van der Waals surface area contributed by atoms with Gasteiger partial charge in [0, 0.05) is 19.2 Å². The largest absolute Gasteiger partial charge is 0.508 e. The van der Waals surface area contributed by atoms with E-state index in [1.165, 1.54) is 24.1 Å². The maximum absolute atomic E-state index is 12.8. The molecule has 152 valence electrons. The zero-order valence-electron chi connectivity index (χ0n) is 16.3. The van der Waals surface area contributed by atoms with E-state index in [9.17, 15) is 19.8 Å². The molecule has 1 aliphatic heterocycles. The Morgan fingerprint density at radius 2 is 1.86 bits per heavy atom. The summed E-state index contributed by atoms with van der Waals surface area (Å²) >= 11 is 0. The molecule has 3 rings (SSSR count). The Balaban J connectivity index is 2.10. The van der Waals surface area contributed by atoms with E-state index in [4.69, 9.17) is 9.47 Å². The van der Waals surface area contributed by atoms with Crippen LogP contribution in [0.2, 0.25) is 0 Å². The first-order valence-electron chi connectivity index (χ1n) is 9.27. The van der Waals surface area contributed by atoms with Crippen molar-refractivity contribution in [1.29, 1.82) is 0 Å². The summed E-state index contributed by atoms with van der Waals surface area (Å²) in [7, 11) is 1.50. The number of rotatable bonds is 7. The van der Waals surface area contributed by atoms with Gasteiger partial charge in [-0.15, -0.1) is 0 Å². The zero-order valence-corrected chi connectivity index (χ0v) is 16.3. The molecular weight excluding hydrogens is 374 g/mol. The molecule has 2 aromatic rings. The minimum Gasteiger partial charge on any atom is -0.508 e. The van der Waals surface area contributed by atoms with Crippen LogP contribution in [0.3, 0.4) is 0 Å². The molecule has 7 heteroatoms. The lowest BCUT2D eigenvalue weighted by atomic mass is 9.95.